The lowest BCUT2D eigenvalue weighted by Gasteiger charge is -2.26. The summed E-state index contributed by atoms with van der Waals surface area (Å²) in [4.78, 5) is 11.7. The molecule has 0 radical (unpaired) electrons. The Bertz CT molecular complexity index is 356. The van der Waals surface area contributed by atoms with Crippen LogP contribution in [0.3, 0.4) is 0 Å². The monoisotopic (exact) mass is 253 g/mol. The lowest BCUT2D eigenvalue weighted by molar-refractivity contribution is -0.121. The summed E-state index contributed by atoms with van der Waals surface area (Å²) in [7, 11) is 0. The first-order valence-corrected chi connectivity index (χ1v) is 7.07. The average molecular weight is 253 g/mol. The molecular formula is C13H19NO2S. The number of aliphatic hydroxyl groups is 1. The van der Waals surface area contributed by atoms with Gasteiger partial charge in [-0.25, -0.2) is 0 Å². The van der Waals surface area contributed by atoms with Crippen molar-refractivity contribution in [3.8, 4) is 0 Å². The van der Waals surface area contributed by atoms with E-state index >= 15 is 0 Å². The van der Waals surface area contributed by atoms with Crippen LogP contribution in [-0.4, -0.2) is 24.2 Å². The van der Waals surface area contributed by atoms with Crippen LogP contribution >= 0.6 is 11.3 Å². The van der Waals surface area contributed by atoms with E-state index in [1.54, 1.807) is 11.3 Å². The van der Waals surface area contributed by atoms with Crippen LogP contribution in [0, 0.1) is 5.41 Å². The average Bonchev–Trinajstić information content (AvgIpc) is 2.98. The van der Waals surface area contributed by atoms with E-state index in [-0.39, 0.29) is 17.9 Å². The SMILES string of the molecule is O=C(Cc1ccsc1)NCC1(CO)CCCC1. The molecule has 0 aliphatic heterocycles. The lowest BCUT2D eigenvalue weighted by Crippen LogP contribution is -2.38. The molecule has 1 aliphatic carbocycles. The molecule has 1 amide bonds. The third kappa shape index (κ3) is 3.30. The standard InChI is InChI=1S/C13H19NO2S/c15-10-13(4-1-2-5-13)9-14-12(16)7-11-3-6-17-8-11/h3,6,8,15H,1-2,4-5,7,9-10H2,(H,14,16). The fourth-order valence-corrected chi connectivity index (χ4v) is 3.11. The summed E-state index contributed by atoms with van der Waals surface area (Å²) in [6.07, 6.45) is 4.84. The van der Waals surface area contributed by atoms with E-state index < -0.39 is 0 Å². The van der Waals surface area contributed by atoms with Crippen molar-refractivity contribution in [2.45, 2.75) is 32.1 Å². The van der Waals surface area contributed by atoms with Crippen molar-refractivity contribution >= 4 is 17.2 Å². The topological polar surface area (TPSA) is 49.3 Å². The Kier molecular flexibility index (Phi) is 4.18. The molecule has 0 unspecified atom stereocenters. The number of amides is 1. The Morgan fingerprint density at radius 1 is 1.47 bits per heavy atom. The van der Waals surface area contributed by atoms with Gasteiger partial charge in [-0.1, -0.05) is 12.8 Å². The molecule has 0 bridgehead atoms. The summed E-state index contributed by atoms with van der Waals surface area (Å²) in [5.74, 6) is 0.0584. The predicted molar refractivity (Wildman–Crippen MR) is 69.0 cm³/mol. The van der Waals surface area contributed by atoms with Crippen LogP contribution in [0.5, 0.6) is 0 Å². The van der Waals surface area contributed by atoms with Crippen LogP contribution in [0.25, 0.3) is 0 Å². The number of hydrogen-bond donors (Lipinski definition) is 2. The van der Waals surface area contributed by atoms with E-state index in [0.717, 1.165) is 18.4 Å². The van der Waals surface area contributed by atoms with Gasteiger partial charge in [0.05, 0.1) is 13.0 Å². The molecule has 0 atom stereocenters. The van der Waals surface area contributed by atoms with Crippen LogP contribution in [-0.2, 0) is 11.2 Å². The molecule has 1 aromatic heterocycles. The highest BCUT2D eigenvalue weighted by Crippen LogP contribution is 2.36. The van der Waals surface area contributed by atoms with E-state index in [9.17, 15) is 9.90 Å². The first kappa shape index (κ1) is 12.6. The van der Waals surface area contributed by atoms with Crippen LogP contribution in [0.1, 0.15) is 31.2 Å². The van der Waals surface area contributed by atoms with Gasteiger partial charge < -0.3 is 10.4 Å². The second-order valence-corrected chi connectivity index (χ2v) is 5.73. The molecule has 1 fully saturated rings. The maximum atomic E-state index is 11.7. The van der Waals surface area contributed by atoms with Gasteiger partial charge in [-0.15, -0.1) is 0 Å². The van der Waals surface area contributed by atoms with E-state index in [0.29, 0.717) is 13.0 Å². The van der Waals surface area contributed by atoms with Gasteiger partial charge >= 0.3 is 0 Å². The summed E-state index contributed by atoms with van der Waals surface area (Å²) in [6.45, 7) is 0.804. The van der Waals surface area contributed by atoms with Crippen LogP contribution in [0.15, 0.2) is 16.8 Å². The molecule has 1 saturated carbocycles. The molecular weight excluding hydrogens is 234 g/mol. The molecule has 1 aliphatic rings. The third-order valence-electron chi connectivity index (χ3n) is 3.60. The number of nitrogens with one attached hydrogen (secondary N) is 1. The highest BCUT2D eigenvalue weighted by Gasteiger charge is 2.33. The minimum absolute atomic E-state index is 0.0513. The summed E-state index contributed by atoms with van der Waals surface area (Å²) in [6, 6.07) is 1.97. The minimum atomic E-state index is -0.0513. The van der Waals surface area contributed by atoms with E-state index in [2.05, 4.69) is 5.32 Å². The van der Waals surface area contributed by atoms with Crippen molar-refractivity contribution < 1.29 is 9.90 Å². The molecule has 3 nitrogen and oxygen atoms in total. The van der Waals surface area contributed by atoms with E-state index in [1.807, 2.05) is 16.8 Å². The normalized spacial score (nSPS) is 18.2. The second-order valence-electron chi connectivity index (χ2n) is 4.95. The Hall–Kier alpha value is -0.870. The largest absolute Gasteiger partial charge is 0.396 e. The van der Waals surface area contributed by atoms with Gasteiger partial charge in [0.25, 0.3) is 0 Å². The number of carbonyl (C=O) groups is 1. The Morgan fingerprint density at radius 3 is 2.82 bits per heavy atom. The maximum absolute atomic E-state index is 11.7. The summed E-state index contributed by atoms with van der Waals surface area (Å²) < 4.78 is 0. The zero-order valence-corrected chi connectivity index (χ0v) is 10.8. The van der Waals surface area contributed by atoms with E-state index in [4.69, 9.17) is 0 Å². The smallest absolute Gasteiger partial charge is 0.224 e. The highest BCUT2D eigenvalue weighted by atomic mass is 32.1. The molecule has 17 heavy (non-hydrogen) atoms. The lowest BCUT2D eigenvalue weighted by atomic mass is 9.87. The van der Waals surface area contributed by atoms with Gasteiger partial charge in [0, 0.05) is 12.0 Å². The van der Waals surface area contributed by atoms with Gasteiger partial charge in [-0.2, -0.15) is 11.3 Å². The number of thiophene rings is 1. The molecule has 1 aromatic rings. The van der Waals surface area contributed by atoms with Gasteiger partial charge in [-0.3, -0.25) is 4.79 Å². The first-order valence-electron chi connectivity index (χ1n) is 6.13. The van der Waals surface area contributed by atoms with E-state index in [1.165, 1.54) is 12.8 Å². The number of hydrogen-bond acceptors (Lipinski definition) is 3. The minimum Gasteiger partial charge on any atom is -0.396 e. The molecule has 0 aromatic carbocycles. The van der Waals surface area contributed by atoms with Crippen molar-refractivity contribution in [2.24, 2.45) is 5.41 Å². The van der Waals surface area contributed by atoms with Crippen molar-refractivity contribution in [1.82, 2.24) is 5.32 Å². The van der Waals surface area contributed by atoms with Crippen LogP contribution in [0.2, 0.25) is 0 Å². The molecule has 0 spiro atoms. The van der Waals surface area contributed by atoms with Crippen molar-refractivity contribution in [3.05, 3.63) is 22.4 Å². The van der Waals surface area contributed by atoms with Crippen molar-refractivity contribution in [2.75, 3.05) is 13.2 Å². The van der Waals surface area contributed by atoms with Crippen molar-refractivity contribution in [3.63, 3.8) is 0 Å². The number of aliphatic hydroxyl groups excluding tert-OH is 1. The molecule has 4 heteroatoms. The van der Waals surface area contributed by atoms with Gasteiger partial charge in [0.2, 0.25) is 5.91 Å². The first-order chi connectivity index (χ1) is 8.24. The fraction of sp³-hybridized carbons (Fsp3) is 0.615. The van der Waals surface area contributed by atoms with Gasteiger partial charge in [0.1, 0.15) is 0 Å². The second kappa shape index (κ2) is 5.65. The molecule has 0 saturated heterocycles. The van der Waals surface area contributed by atoms with Crippen LogP contribution in [0.4, 0.5) is 0 Å². The summed E-state index contributed by atoms with van der Waals surface area (Å²) >= 11 is 1.61. The van der Waals surface area contributed by atoms with Gasteiger partial charge in [0.15, 0.2) is 0 Å². The summed E-state index contributed by atoms with van der Waals surface area (Å²) in [5, 5.41) is 16.4. The molecule has 2 N–H and O–H groups in total. The quantitative estimate of drug-likeness (QED) is 0.842. The zero-order valence-electron chi connectivity index (χ0n) is 9.95. The Morgan fingerprint density at radius 2 is 2.24 bits per heavy atom. The Labute approximate surface area is 106 Å². The molecule has 2 rings (SSSR count). The predicted octanol–water partition coefficient (Wildman–Crippen LogP) is 1.96. The van der Waals surface area contributed by atoms with Gasteiger partial charge in [-0.05, 0) is 35.2 Å². The fourth-order valence-electron chi connectivity index (χ4n) is 2.44. The Balaban J connectivity index is 1.79. The number of carbonyl (C=O) groups excluding carboxylic acids is 1. The number of rotatable bonds is 5. The molecule has 1 heterocycles. The summed E-state index contributed by atoms with van der Waals surface area (Å²) in [5.41, 5.74) is 1.02. The highest BCUT2D eigenvalue weighted by molar-refractivity contribution is 7.07. The zero-order chi connectivity index (χ0) is 12.1. The van der Waals surface area contributed by atoms with Crippen LogP contribution < -0.4 is 5.32 Å². The third-order valence-corrected chi connectivity index (χ3v) is 4.34. The maximum Gasteiger partial charge on any atom is 0.224 e. The molecule has 94 valence electrons. The van der Waals surface area contributed by atoms with Crippen molar-refractivity contribution in [1.29, 1.82) is 0 Å².